The van der Waals surface area contributed by atoms with Crippen LogP contribution < -0.4 is 5.32 Å². The van der Waals surface area contributed by atoms with Crippen LogP contribution in [0.2, 0.25) is 0 Å². The average molecular weight is 283 g/mol. The van der Waals surface area contributed by atoms with Crippen LogP contribution in [0.15, 0.2) is 59.3 Å². The molecule has 1 atom stereocenters. The van der Waals surface area contributed by atoms with Gasteiger partial charge in [0.25, 0.3) is 0 Å². The predicted octanol–water partition coefficient (Wildman–Crippen LogP) is 4.05. The molecule has 21 heavy (non-hydrogen) atoms. The lowest BCUT2D eigenvalue weighted by Gasteiger charge is -2.16. The number of aromatic nitrogens is 2. The third-order valence-corrected chi connectivity index (χ3v) is 3.20. The summed E-state index contributed by atoms with van der Waals surface area (Å²) in [6, 6.07) is 14.2. The molecule has 0 fully saturated rings. The van der Waals surface area contributed by atoms with Gasteiger partial charge in [-0.2, -0.15) is 0 Å². The molecule has 3 aromatic rings. The molecule has 0 radical (unpaired) electrons. The molecule has 106 valence electrons. The van der Waals surface area contributed by atoms with E-state index in [1.807, 2.05) is 37.3 Å². The predicted molar refractivity (Wildman–Crippen MR) is 78.2 cm³/mol. The van der Waals surface area contributed by atoms with Crippen molar-refractivity contribution < 1.29 is 8.81 Å². The Balaban J connectivity index is 1.80. The number of benzene rings is 2. The van der Waals surface area contributed by atoms with Crippen LogP contribution in [0.5, 0.6) is 0 Å². The Kier molecular flexibility index (Phi) is 3.64. The molecule has 0 aliphatic carbocycles. The maximum absolute atomic E-state index is 13.3. The van der Waals surface area contributed by atoms with Crippen LogP contribution in [0.1, 0.15) is 18.5 Å². The number of halogens is 1. The number of nitrogens with one attached hydrogen (secondary N) is 1. The highest BCUT2D eigenvalue weighted by Gasteiger charge is 2.08. The van der Waals surface area contributed by atoms with Crippen LogP contribution in [0, 0.1) is 5.82 Å². The Labute approximate surface area is 121 Å². The van der Waals surface area contributed by atoms with Crippen molar-refractivity contribution in [3.8, 4) is 11.5 Å². The summed E-state index contributed by atoms with van der Waals surface area (Å²) in [5.41, 5.74) is 2.63. The van der Waals surface area contributed by atoms with Gasteiger partial charge in [-0.05, 0) is 42.8 Å². The summed E-state index contributed by atoms with van der Waals surface area (Å²) in [6.07, 6.45) is 1.30. The summed E-state index contributed by atoms with van der Waals surface area (Å²) < 4.78 is 18.4. The van der Waals surface area contributed by atoms with Crippen LogP contribution in [0.3, 0.4) is 0 Å². The summed E-state index contributed by atoms with van der Waals surface area (Å²) in [5, 5.41) is 10.9. The van der Waals surface area contributed by atoms with Gasteiger partial charge in [0.2, 0.25) is 12.3 Å². The first-order valence-electron chi connectivity index (χ1n) is 6.61. The molecule has 0 aliphatic heterocycles. The Morgan fingerprint density at radius 1 is 1.14 bits per heavy atom. The van der Waals surface area contributed by atoms with Crippen molar-refractivity contribution in [1.82, 2.24) is 10.2 Å². The van der Waals surface area contributed by atoms with Gasteiger partial charge in [0, 0.05) is 17.3 Å². The lowest BCUT2D eigenvalue weighted by atomic mass is 10.1. The molecular formula is C16H14FN3O. The van der Waals surface area contributed by atoms with Gasteiger partial charge in [-0.15, -0.1) is 10.2 Å². The van der Waals surface area contributed by atoms with Crippen molar-refractivity contribution in [3.63, 3.8) is 0 Å². The number of hydrogen-bond donors (Lipinski definition) is 1. The Bertz CT molecular complexity index is 728. The molecule has 3 rings (SSSR count). The van der Waals surface area contributed by atoms with Crippen molar-refractivity contribution in [2.45, 2.75) is 13.0 Å². The van der Waals surface area contributed by atoms with Gasteiger partial charge in [-0.3, -0.25) is 0 Å². The van der Waals surface area contributed by atoms with Gasteiger partial charge in [0.05, 0.1) is 0 Å². The summed E-state index contributed by atoms with van der Waals surface area (Å²) >= 11 is 0. The topological polar surface area (TPSA) is 51.0 Å². The molecule has 0 amide bonds. The molecule has 0 aliphatic rings. The minimum Gasteiger partial charge on any atom is -0.423 e. The Morgan fingerprint density at radius 2 is 2.00 bits per heavy atom. The van der Waals surface area contributed by atoms with E-state index in [-0.39, 0.29) is 11.9 Å². The normalized spacial score (nSPS) is 12.1. The smallest absolute Gasteiger partial charge is 0.247 e. The molecule has 1 aromatic heterocycles. The highest BCUT2D eigenvalue weighted by atomic mass is 19.1. The Morgan fingerprint density at radius 3 is 2.76 bits per heavy atom. The summed E-state index contributed by atoms with van der Waals surface area (Å²) in [4.78, 5) is 0. The van der Waals surface area contributed by atoms with E-state index < -0.39 is 0 Å². The summed E-state index contributed by atoms with van der Waals surface area (Å²) in [7, 11) is 0. The van der Waals surface area contributed by atoms with Crippen LogP contribution in [0.4, 0.5) is 10.1 Å². The van der Waals surface area contributed by atoms with E-state index in [1.54, 1.807) is 6.07 Å². The van der Waals surface area contributed by atoms with Crippen molar-refractivity contribution in [1.29, 1.82) is 0 Å². The molecular weight excluding hydrogens is 269 g/mol. The van der Waals surface area contributed by atoms with Crippen LogP contribution in [-0.2, 0) is 0 Å². The van der Waals surface area contributed by atoms with Gasteiger partial charge in [0.15, 0.2) is 0 Å². The summed E-state index contributed by atoms with van der Waals surface area (Å²) in [5.74, 6) is 0.234. The lowest BCUT2D eigenvalue weighted by Crippen LogP contribution is -2.06. The first-order chi connectivity index (χ1) is 10.2. The van der Waals surface area contributed by atoms with Gasteiger partial charge in [-0.25, -0.2) is 4.39 Å². The highest BCUT2D eigenvalue weighted by Crippen LogP contribution is 2.24. The zero-order valence-corrected chi connectivity index (χ0v) is 11.5. The van der Waals surface area contributed by atoms with E-state index in [0.717, 1.165) is 16.8 Å². The SMILES string of the molecule is CC(Nc1cccc(-c2nnco2)c1)c1cccc(F)c1. The van der Waals surface area contributed by atoms with Gasteiger partial charge in [0.1, 0.15) is 5.82 Å². The van der Waals surface area contributed by atoms with E-state index >= 15 is 0 Å². The number of rotatable bonds is 4. The lowest BCUT2D eigenvalue weighted by molar-refractivity contribution is 0.568. The monoisotopic (exact) mass is 283 g/mol. The van der Waals surface area contributed by atoms with E-state index in [0.29, 0.717) is 5.89 Å². The highest BCUT2D eigenvalue weighted by molar-refractivity contribution is 5.61. The maximum atomic E-state index is 13.3. The van der Waals surface area contributed by atoms with Crippen LogP contribution >= 0.6 is 0 Å². The molecule has 1 heterocycles. The number of anilines is 1. The fourth-order valence-electron chi connectivity index (χ4n) is 2.15. The second kappa shape index (κ2) is 5.75. The van der Waals surface area contributed by atoms with Crippen molar-refractivity contribution >= 4 is 5.69 Å². The zero-order chi connectivity index (χ0) is 14.7. The molecule has 4 nitrogen and oxygen atoms in total. The second-order valence-corrected chi connectivity index (χ2v) is 4.75. The minimum absolute atomic E-state index is 0.0152. The molecule has 1 unspecified atom stereocenters. The molecule has 0 bridgehead atoms. The molecule has 0 saturated carbocycles. The number of hydrogen-bond acceptors (Lipinski definition) is 4. The summed E-state index contributed by atoms with van der Waals surface area (Å²) in [6.45, 7) is 1.98. The average Bonchev–Trinajstić information content (AvgIpc) is 3.02. The van der Waals surface area contributed by atoms with Crippen LogP contribution in [-0.4, -0.2) is 10.2 Å². The largest absolute Gasteiger partial charge is 0.423 e. The Hall–Kier alpha value is -2.69. The fourth-order valence-corrected chi connectivity index (χ4v) is 2.15. The van der Waals surface area contributed by atoms with Gasteiger partial charge >= 0.3 is 0 Å². The van der Waals surface area contributed by atoms with E-state index in [1.165, 1.54) is 18.5 Å². The molecule has 1 N–H and O–H groups in total. The third kappa shape index (κ3) is 3.08. The van der Waals surface area contributed by atoms with E-state index in [2.05, 4.69) is 15.5 Å². The van der Waals surface area contributed by atoms with Crippen LogP contribution in [0.25, 0.3) is 11.5 Å². The standard InChI is InChI=1S/C16H14FN3O/c1-11(12-4-2-6-14(17)8-12)19-15-7-3-5-13(9-15)16-20-18-10-21-16/h2-11,19H,1H3. The van der Waals surface area contributed by atoms with Gasteiger partial charge in [-0.1, -0.05) is 18.2 Å². The minimum atomic E-state index is -0.235. The quantitative estimate of drug-likeness (QED) is 0.784. The first-order valence-corrected chi connectivity index (χ1v) is 6.61. The third-order valence-electron chi connectivity index (χ3n) is 3.20. The second-order valence-electron chi connectivity index (χ2n) is 4.75. The first kappa shape index (κ1) is 13.3. The maximum Gasteiger partial charge on any atom is 0.247 e. The van der Waals surface area contributed by atoms with Crippen molar-refractivity contribution in [2.24, 2.45) is 0 Å². The molecule has 5 heteroatoms. The van der Waals surface area contributed by atoms with Crippen molar-refractivity contribution in [2.75, 3.05) is 5.32 Å². The van der Waals surface area contributed by atoms with Gasteiger partial charge < -0.3 is 9.73 Å². The molecule has 0 saturated heterocycles. The van der Waals surface area contributed by atoms with E-state index in [4.69, 9.17) is 4.42 Å². The molecule has 2 aromatic carbocycles. The van der Waals surface area contributed by atoms with E-state index in [9.17, 15) is 4.39 Å². The van der Waals surface area contributed by atoms with Crippen molar-refractivity contribution in [3.05, 3.63) is 66.3 Å². The molecule has 0 spiro atoms. The number of nitrogens with zero attached hydrogens (tertiary/aromatic N) is 2. The zero-order valence-electron chi connectivity index (χ0n) is 11.5. The fraction of sp³-hybridized carbons (Fsp3) is 0.125.